The molecule has 4 nitrogen and oxygen atoms in total. The summed E-state index contributed by atoms with van der Waals surface area (Å²) in [7, 11) is 1.77. The van der Waals surface area contributed by atoms with E-state index in [0.717, 1.165) is 19.4 Å². The van der Waals surface area contributed by atoms with Crippen LogP contribution < -0.4 is 0 Å². The van der Waals surface area contributed by atoms with Gasteiger partial charge in [0.15, 0.2) is 0 Å². The van der Waals surface area contributed by atoms with E-state index in [4.69, 9.17) is 9.47 Å². The van der Waals surface area contributed by atoms with Gasteiger partial charge in [0.25, 0.3) is 0 Å². The van der Waals surface area contributed by atoms with Crippen molar-refractivity contribution >= 4 is 6.21 Å². The van der Waals surface area contributed by atoms with E-state index in [1.807, 2.05) is 31.3 Å². The molecule has 1 aromatic rings. The molecule has 1 aliphatic heterocycles. The van der Waals surface area contributed by atoms with Crippen molar-refractivity contribution in [2.45, 2.75) is 58.0 Å². The van der Waals surface area contributed by atoms with Gasteiger partial charge in [-0.2, -0.15) is 5.10 Å². The minimum Gasteiger partial charge on any atom is -0.377 e. The van der Waals surface area contributed by atoms with Crippen LogP contribution in [0.25, 0.3) is 0 Å². The Bertz CT molecular complexity index is 473. The summed E-state index contributed by atoms with van der Waals surface area (Å²) in [5.74, 6) is 0. The van der Waals surface area contributed by atoms with Gasteiger partial charge in [-0.3, -0.25) is 5.01 Å². The number of methoxy groups -OCH3 is 1. The average Bonchev–Trinajstić information content (AvgIpc) is 3.01. The van der Waals surface area contributed by atoms with Crippen molar-refractivity contribution in [3.8, 4) is 0 Å². The molecule has 0 aromatic heterocycles. The summed E-state index contributed by atoms with van der Waals surface area (Å²) in [6.45, 7) is 7.88. The van der Waals surface area contributed by atoms with E-state index in [-0.39, 0.29) is 11.7 Å². The number of nitrogens with zero attached hydrogens (tertiary/aromatic N) is 2. The van der Waals surface area contributed by atoms with Gasteiger partial charge in [0.05, 0.1) is 30.6 Å². The summed E-state index contributed by atoms with van der Waals surface area (Å²) in [5.41, 5.74) is 1.00. The van der Waals surface area contributed by atoms with Crippen LogP contribution in [0.15, 0.2) is 35.4 Å². The number of rotatable bonds is 7. The lowest BCUT2D eigenvalue weighted by molar-refractivity contribution is -0.0397. The summed E-state index contributed by atoms with van der Waals surface area (Å²) in [6.07, 6.45) is 4.17. The zero-order valence-corrected chi connectivity index (χ0v) is 14.2. The molecule has 1 aliphatic rings. The molecule has 0 aliphatic carbocycles. The highest BCUT2D eigenvalue weighted by atomic mass is 16.5. The first-order valence-corrected chi connectivity index (χ1v) is 8.04. The number of ether oxygens (including phenoxy) is 2. The molecule has 1 heterocycles. The molecule has 0 saturated carbocycles. The monoisotopic (exact) mass is 304 g/mol. The van der Waals surface area contributed by atoms with E-state index in [2.05, 4.69) is 36.1 Å². The summed E-state index contributed by atoms with van der Waals surface area (Å²) < 4.78 is 11.4. The summed E-state index contributed by atoms with van der Waals surface area (Å²) in [4.78, 5) is 0. The van der Waals surface area contributed by atoms with Gasteiger partial charge < -0.3 is 9.47 Å². The van der Waals surface area contributed by atoms with Crippen LogP contribution in [0.5, 0.6) is 0 Å². The van der Waals surface area contributed by atoms with Crippen molar-refractivity contribution in [1.82, 2.24) is 5.01 Å². The Hall–Kier alpha value is -1.39. The fourth-order valence-corrected chi connectivity index (χ4v) is 2.76. The van der Waals surface area contributed by atoms with Crippen LogP contribution in [0.2, 0.25) is 0 Å². The molecule has 2 atom stereocenters. The van der Waals surface area contributed by atoms with E-state index in [0.29, 0.717) is 12.6 Å². The van der Waals surface area contributed by atoms with Gasteiger partial charge in [-0.25, -0.2) is 0 Å². The predicted molar refractivity (Wildman–Crippen MR) is 90.0 cm³/mol. The lowest BCUT2D eigenvalue weighted by Gasteiger charge is -2.35. The number of benzene rings is 1. The van der Waals surface area contributed by atoms with Gasteiger partial charge in [-0.05, 0) is 39.2 Å². The highest BCUT2D eigenvalue weighted by Gasteiger charge is 2.37. The van der Waals surface area contributed by atoms with Gasteiger partial charge in [-0.15, -0.1) is 0 Å². The smallest absolute Gasteiger partial charge is 0.0920 e. The highest BCUT2D eigenvalue weighted by Crippen LogP contribution is 2.29. The molecule has 1 aromatic carbocycles. The topological polar surface area (TPSA) is 34.1 Å². The van der Waals surface area contributed by atoms with E-state index in [1.165, 1.54) is 5.56 Å². The zero-order valence-electron chi connectivity index (χ0n) is 14.2. The van der Waals surface area contributed by atoms with Crippen molar-refractivity contribution in [1.29, 1.82) is 0 Å². The maximum atomic E-state index is 5.83. The van der Waals surface area contributed by atoms with Crippen LogP contribution in [-0.2, 0) is 16.1 Å². The lowest BCUT2D eigenvalue weighted by atomic mass is 9.97. The molecule has 122 valence electrons. The lowest BCUT2D eigenvalue weighted by Crippen LogP contribution is -2.45. The Morgan fingerprint density at radius 1 is 1.36 bits per heavy atom. The van der Waals surface area contributed by atoms with Crippen LogP contribution in [0.4, 0.5) is 0 Å². The molecule has 4 heteroatoms. The van der Waals surface area contributed by atoms with Crippen molar-refractivity contribution in [2.75, 3.05) is 13.7 Å². The molecule has 0 radical (unpaired) electrons. The van der Waals surface area contributed by atoms with Gasteiger partial charge in [0, 0.05) is 13.7 Å². The first-order chi connectivity index (χ1) is 10.5. The molecule has 1 saturated heterocycles. The van der Waals surface area contributed by atoms with E-state index < -0.39 is 0 Å². The zero-order chi connectivity index (χ0) is 16.0. The Kier molecular flexibility index (Phi) is 5.98. The fourth-order valence-electron chi connectivity index (χ4n) is 2.76. The van der Waals surface area contributed by atoms with Crippen LogP contribution in [0.1, 0.15) is 39.2 Å². The number of hydrogen-bond acceptors (Lipinski definition) is 4. The van der Waals surface area contributed by atoms with E-state index >= 15 is 0 Å². The third kappa shape index (κ3) is 4.55. The number of hydrogen-bond donors (Lipinski definition) is 0. The fraction of sp³-hybridized carbons (Fsp3) is 0.611. The molecule has 0 unspecified atom stereocenters. The second kappa shape index (κ2) is 7.75. The van der Waals surface area contributed by atoms with E-state index in [9.17, 15) is 0 Å². The second-order valence-electron chi connectivity index (χ2n) is 6.39. The molecule has 0 spiro atoms. The van der Waals surface area contributed by atoms with Crippen LogP contribution >= 0.6 is 0 Å². The first kappa shape index (κ1) is 17.0. The summed E-state index contributed by atoms with van der Waals surface area (Å²) in [6, 6.07) is 10.5. The molecule has 0 amide bonds. The van der Waals surface area contributed by atoms with Gasteiger partial charge in [0.2, 0.25) is 0 Å². The van der Waals surface area contributed by atoms with Crippen LogP contribution in [0.3, 0.4) is 0 Å². The summed E-state index contributed by atoms with van der Waals surface area (Å²) in [5, 5.41) is 6.78. The van der Waals surface area contributed by atoms with Crippen LogP contribution in [0, 0.1) is 0 Å². The Morgan fingerprint density at radius 2 is 2.09 bits per heavy atom. The third-order valence-electron chi connectivity index (χ3n) is 4.33. The number of hydrazone groups is 1. The molecule has 1 fully saturated rings. The predicted octanol–water partition coefficient (Wildman–Crippen LogP) is 3.47. The van der Waals surface area contributed by atoms with Crippen molar-refractivity contribution in [3.63, 3.8) is 0 Å². The third-order valence-corrected chi connectivity index (χ3v) is 4.33. The van der Waals surface area contributed by atoms with Gasteiger partial charge >= 0.3 is 0 Å². The minimum atomic E-state index is -0.179. The second-order valence-corrected chi connectivity index (χ2v) is 6.39. The highest BCUT2D eigenvalue weighted by molar-refractivity contribution is 5.62. The SMILES string of the molecule is COC(C)(C)[C@@H]1CCCN1/N=C/[C@@H](C)OCc1ccccc1. The normalized spacial score (nSPS) is 20.7. The largest absolute Gasteiger partial charge is 0.377 e. The Morgan fingerprint density at radius 3 is 2.77 bits per heavy atom. The van der Waals surface area contributed by atoms with Crippen molar-refractivity contribution in [2.24, 2.45) is 5.10 Å². The standard InChI is InChI=1S/C18H28N2O2/c1-15(22-14-16-9-6-5-7-10-16)13-19-20-12-8-11-17(20)18(2,3)21-4/h5-7,9-10,13,15,17H,8,11-12,14H2,1-4H3/b19-13+/t15-,17+/m1/s1. The minimum absolute atomic E-state index is 0.00730. The van der Waals surface area contributed by atoms with Crippen LogP contribution in [-0.4, -0.2) is 42.6 Å². The maximum absolute atomic E-state index is 5.83. The van der Waals surface area contributed by atoms with Crippen molar-refractivity contribution < 1.29 is 9.47 Å². The molecule has 0 N–H and O–H groups in total. The van der Waals surface area contributed by atoms with Crippen molar-refractivity contribution in [3.05, 3.63) is 35.9 Å². The molecule has 2 rings (SSSR count). The quantitative estimate of drug-likeness (QED) is 0.723. The molecular formula is C18H28N2O2. The Balaban J connectivity index is 1.85. The average molecular weight is 304 g/mol. The van der Waals surface area contributed by atoms with E-state index in [1.54, 1.807) is 7.11 Å². The molecule has 0 bridgehead atoms. The Labute approximate surface area is 134 Å². The maximum Gasteiger partial charge on any atom is 0.0920 e. The van der Waals surface area contributed by atoms with Gasteiger partial charge in [0.1, 0.15) is 0 Å². The van der Waals surface area contributed by atoms with Gasteiger partial charge in [-0.1, -0.05) is 30.3 Å². The first-order valence-electron chi connectivity index (χ1n) is 8.04. The molecule has 22 heavy (non-hydrogen) atoms. The summed E-state index contributed by atoms with van der Waals surface area (Å²) >= 11 is 0. The molecular weight excluding hydrogens is 276 g/mol.